The number of benzene rings is 1. The number of aromatic nitrogens is 2. The van der Waals surface area contributed by atoms with Crippen LogP contribution in [0.4, 0.5) is 10.1 Å². The maximum atomic E-state index is 13.7. The number of rotatable bonds is 6. The lowest BCUT2D eigenvalue weighted by Crippen LogP contribution is -2.37. The van der Waals surface area contributed by atoms with E-state index >= 15 is 0 Å². The SMILES string of the molecule is C[C@@H](CCc1ccccc1)C1CCc2c(cn(C)c2C(=O)Nc2cc(F)nc(C#N)c2)S(=N)(=O)N1. The summed E-state index contributed by atoms with van der Waals surface area (Å²) in [4.78, 5) is 16.9. The zero-order valence-electron chi connectivity index (χ0n) is 19.5. The van der Waals surface area contributed by atoms with Crippen LogP contribution in [0.25, 0.3) is 0 Å². The van der Waals surface area contributed by atoms with Crippen molar-refractivity contribution in [3.05, 3.63) is 77.1 Å². The van der Waals surface area contributed by atoms with Crippen molar-refractivity contribution in [2.75, 3.05) is 5.32 Å². The van der Waals surface area contributed by atoms with Crippen molar-refractivity contribution >= 4 is 21.5 Å². The molecule has 3 aromatic rings. The summed E-state index contributed by atoms with van der Waals surface area (Å²) in [5.41, 5.74) is 1.98. The number of nitrogens with zero attached hydrogens (tertiary/aromatic N) is 3. The van der Waals surface area contributed by atoms with Crippen LogP contribution in [0.15, 0.2) is 53.6 Å². The number of anilines is 1. The third-order valence-electron chi connectivity index (χ3n) is 6.38. The van der Waals surface area contributed by atoms with E-state index in [1.165, 1.54) is 16.2 Å². The van der Waals surface area contributed by atoms with Crippen LogP contribution in [-0.2, 0) is 29.8 Å². The number of fused-ring (bicyclic) bond motifs is 1. The molecule has 1 aliphatic heterocycles. The van der Waals surface area contributed by atoms with E-state index in [1.54, 1.807) is 19.3 Å². The van der Waals surface area contributed by atoms with Gasteiger partial charge in [0.2, 0.25) is 5.95 Å². The Balaban J connectivity index is 1.55. The molecule has 4 rings (SSSR count). The van der Waals surface area contributed by atoms with Gasteiger partial charge in [0.15, 0.2) is 0 Å². The number of aryl methyl sites for hydroxylation is 2. The first-order chi connectivity index (χ1) is 16.7. The van der Waals surface area contributed by atoms with E-state index < -0.39 is 21.8 Å². The number of halogens is 1. The van der Waals surface area contributed by atoms with Crippen LogP contribution >= 0.6 is 0 Å². The molecule has 10 heteroatoms. The van der Waals surface area contributed by atoms with Crippen molar-refractivity contribution in [2.24, 2.45) is 13.0 Å². The molecule has 8 nitrogen and oxygen atoms in total. The molecule has 1 aromatic carbocycles. The summed E-state index contributed by atoms with van der Waals surface area (Å²) in [7, 11) is -1.70. The topological polar surface area (TPSA) is 124 Å². The molecule has 1 aliphatic rings. The summed E-state index contributed by atoms with van der Waals surface area (Å²) in [5.74, 6) is -1.25. The molecule has 0 bridgehead atoms. The van der Waals surface area contributed by atoms with Gasteiger partial charge in [-0.15, -0.1) is 0 Å². The van der Waals surface area contributed by atoms with Crippen LogP contribution in [0.5, 0.6) is 0 Å². The van der Waals surface area contributed by atoms with Crippen molar-refractivity contribution in [3.8, 4) is 6.07 Å². The van der Waals surface area contributed by atoms with E-state index in [1.807, 2.05) is 18.2 Å². The predicted octanol–water partition coefficient (Wildman–Crippen LogP) is 4.18. The first-order valence-electron chi connectivity index (χ1n) is 11.3. The summed E-state index contributed by atoms with van der Waals surface area (Å²) >= 11 is 0. The van der Waals surface area contributed by atoms with Gasteiger partial charge in [0, 0.05) is 36.6 Å². The molecule has 3 atom stereocenters. The quantitative estimate of drug-likeness (QED) is 0.445. The van der Waals surface area contributed by atoms with Gasteiger partial charge in [0.1, 0.15) is 27.4 Å². The smallest absolute Gasteiger partial charge is 0.272 e. The molecular formula is C25H27FN6O2S. The molecule has 2 aromatic heterocycles. The van der Waals surface area contributed by atoms with Crippen LogP contribution in [0.2, 0.25) is 0 Å². The summed E-state index contributed by atoms with van der Waals surface area (Å²) < 4.78 is 40.3. The van der Waals surface area contributed by atoms with Gasteiger partial charge < -0.3 is 9.88 Å². The number of amides is 1. The van der Waals surface area contributed by atoms with Gasteiger partial charge >= 0.3 is 0 Å². The molecule has 35 heavy (non-hydrogen) atoms. The van der Waals surface area contributed by atoms with Crippen LogP contribution in [0.1, 0.15) is 47.1 Å². The molecule has 3 N–H and O–H groups in total. The van der Waals surface area contributed by atoms with Crippen LogP contribution in [-0.4, -0.2) is 25.7 Å². The molecular weight excluding hydrogens is 467 g/mol. The van der Waals surface area contributed by atoms with Gasteiger partial charge in [0.25, 0.3) is 5.91 Å². The van der Waals surface area contributed by atoms with Crippen molar-refractivity contribution in [3.63, 3.8) is 0 Å². The summed E-state index contributed by atoms with van der Waals surface area (Å²) in [6.45, 7) is 2.09. The minimum atomic E-state index is -3.34. The Labute approximate surface area is 204 Å². The average Bonchev–Trinajstić information content (AvgIpc) is 3.11. The van der Waals surface area contributed by atoms with Crippen molar-refractivity contribution in [1.29, 1.82) is 10.0 Å². The molecule has 0 saturated heterocycles. The minimum Gasteiger partial charge on any atom is -0.345 e. The highest BCUT2D eigenvalue weighted by Crippen LogP contribution is 2.31. The predicted molar refractivity (Wildman–Crippen MR) is 131 cm³/mol. The van der Waals surface area contributed by atoms with Crippen LogP contribution < -0.4 is 10.0 Å². The van der Waals surface area contributed by atoms with E-state index in [9.17, 15) is 13.4 Å². The molecule has 3 heterocycles. The summed E-state index contributed by atoms with van der Waals surface area (Å²) in [6, 6.07) is 14.1. The Morgan fingerprint density at radius 3 is 2.86 bits per heavy atom. The molecule has 0 spiro atoms. The standard InChI is InChI=1S/C25H27FN6O2S/c1-16(8-9-17-6-4-3-5-7-17)21-11-10-20-22(35(28,34)31-21)15-32(2)24(20)25(33)30-18-12-19(14-27)29-23(26)13-18/h3-7,12-13,15-16,21H,8-11H2,1-2H3,(H2,28,31,34)(H,29,30,33)/t16-,21?,35?/m0/s1. The Kier molecular flexibility index (Phi) is 7.00. The van der Waals surface area contributed by atoms with Gasteiger partial charge in [-0.2, -0.15) is 9.65 Å². The molecule has 0 fully saturated rings. The van der Waals surface area contributed by atoms with Crippen molar-refractivity contribution < 1.29 is 13.4 Å². The fraction of sp³-hybridized carbons (Fsp3) is 0.320. The van der Waals surface area contributed by atoms with Gasteiger partial charge in [-0.25, -0.2) is 18.7 Å². The van der Waals surface area contributed by atoms with Crippen LogP contribution in [0, 0.1) is 28.0 Å². The highest BCUT2D eigenvalue weighted by atomic mass is 32.2. The highest BCUT2D eigenvalue weighted by molar-refractivity contribution is 7.90. The van der Waals surface area contributed by atoms with Gasteiger partial charge in [-0.1, -0.05) is 37.3 Å². The first kappa shape index (κ1) is 24.6. The maximum absolute atomic E-state index is 13.7. The molecule has 0 radical (unpaired) electrons. The van der Waals surface area contributed by atoms with Gasteiger partial charge in [-0.05, 0) is 43.2 Å². The second-order valence-electron chi connectivity index (χ2n) is 8.88. The van der Waals surface area contributed by atoms with E-state index in [0.29, 0.717) is 23.3 Å². The number of hydrogen-bond acceptors (Lipinski definition) is 5. The second-order valence-corrected chi connectivity index (χ2v) is 10.7. The zero-order valence-corrected chi connectivity index (χ0v) is 20.4. The maximum Gasteiger partial charge on any atom is 0.272 e. The molecule has 0 saturated carbocycles. The van der Waals surface area contributed by atoms with E-state index in [0.717, 1.165) is 18.9 Å². The number of hydrogen-bond donors (Lipinski definition) is 3. The number of nitrogens with one attached hydrogen (secondary N) is 3. The highest BCUT2D eigenvalue weighted by Gasteiger charge is 2.32. The molecule has 2 unspecified atom stereocenters. The molecule has 182 valence electrons. The number of carbonyl (C=O) groups is 1. The first-order valence-corrected chi connectivity index (χ1v) is 12.9. The van der Waals surface area contributed by atoms with Crippen molar-refractivity contribution in [1.82, 2.24) is 14.3 Å². The third kappa shape index (κ3) is 5.42. The molecule has 1 amide bonds. The lowest BCUT2D eigenvalue weighted by atomic mass is 9.91. The lowest BCUT2D eigenvalue weighted by molar-refractivity contribution is 0.101. The molecule has 0 aliphatic carbocycles. The Morgan fingerprint density at radius 1 is 1.40 bits per heavy atom. The Bertz CT molecular complexity index is 1400. The monoisotopic (exact) mass is 494 g/mol. The summed E-state index contributed by atoms with van der Waals surface area (Å²) in [5, 5.41) is 11.6. The number of carbonyl (C=O) groups excluding carboxylic acids is 1. The van der Waals surface area contributed by atoms with Gasteiger partial charge in [-0.3, -0.25) is 4.79 Å². The second kappa shape index (κ2) is 9.98. The largest absolute Gasteiger partial charge is 0.345 e. The minimum absolute atomic E-state index is 0.0970. The lowest BCUT2D eigenvalue weighted by Gasteiger charge is -2.24. The number of pyridine rings is 1. The summed E-state index contributed by atoms with van der Waals surface area (Å²) in [6.07, 6.45) is 4.39. The Morgan fingerprint density at radius 2 is 2.14 bits per heavy atom. The fourth-order valence-electron chi connectivity index (χ4n) is 4.53. The number of nitriles is 1. The van der Waals surface area contributed by atoms with Crippen LogP contribution in [0.3, 0.4) is 0 Å². The van der Waals surface area contributed by atoms with E-state index in [2.05, 4.69) is 34.1 Å². The fourth-order valence-corrected chi connectivity index (χ4v) is 6.28. The third-order valence-corrected chi connectivity index (χ3v) is 7.98. The normalized spacial score (nSPS) is 20.3. The van der Waals surface area contributed by atoms with Crippen molar-refractivity contribution in [2.45, 2.75) is 43.5 Å². The van der Waals surface area contributed by atoms with E-state index in [4.69, 9.17) is 10.0 Å². The average molecular weight is 495 g/mol. The van der Waals surface area contributed by atoms with E-state index in [-0.39, 0.29) is 29.0 Å². The van der Waals surface area contributed by atoms with Gasteiger partial charge in [0.05, 0.1) is 4.90 Å². The Hall–Kier alpha value is -3.55. The zero-order chi connectivity index (χ0) is 25.2.